The second kappa shape index (κ2) is 9.36. The number of hydrogen-bond donors (Lipinski definition) is 0. The molecule has 7 nitrogen and oxygen atoms in total. The number of carbonyl (C=O) groups is 1. The Labute approximate surface area is 205 Å². The fraction of sp³-hybridized carbons (Fsp3) is 0.296. The fourth-order valence-electron chi connectivity index (χ4n) is 4.84. The average Bonchev–Trinajstić information content (AvgIpc) is 3.33. The van der Waals surface area contributed by atoms with E-state index in [0.717, 1.165) is 11.1 Å². The van der Waals surface area contributed by atoms with Gasteiger partial charge in [0.2, 0.25) is 0 Å². The van der Waals surface area contributed by atoms with Gasteiger partial charge >= 0.3 is 0 Å². The monoisotopic (exact) mass is 492 g/mol. The Bertz CT molecular complexity index is 1340. The zero-order valence-electron chi connectivity index (χ0n) is 19.8. The maximum atomic E-state index is 13.7. The molecule has 8 heteroatoms. The molecule has 1 saturated heterocycles. The summed E-state index contributed by atoms with van der Waals surface area (Å²) in [4.78, 5) is 15.5. The maximum Gasteiger partial charge on any atom is 0.264 e. The lowest BCUT2D eigenvalue weighted by Gasteiger charge is -2.37. The lowest BCUT2D eigenvalue weighted by molar-refractivity contribution is -0.0692. The molecule has 0 radical (unpaired) electrons. The quantitative estimate of drug-likeness (QED) is 0.537. The number of hydrogen-bond acceptors (Lipinski definition) is 5. The minimum Gasteiger partial charge on any atom is -0.496 e. The van der Waals surface area contributed by atoms with Crippen LogP contribution in [0.4, 0.5) is 5.69 Å². The van der Waals surface area contributed by atoms with E-state index in [2.05, 4.69) is 0 Å². The van der Waals surface area contributed by atoms with Gasteiger partial charge in [0.1, 0.15) is 11.9 Å². The Balaban J connectivity index is 1.47. The van der Waals surface area contributed by atoms with E-state index in [-0.39, 0.29) is 28.6 Å². The molecule has 1 fully saturated rings. The minimum absolute atomic E-state index is 0.0688. The van der Waals surface area contributed by atoms with Crippen LogP contribution in [-0.2, 0) is 21.2 Å². The zero-order chi connectivity index (χ0) is 24.6. The summed E-state index contributed by atoms with van der Waals surface area (Å²) in [6, 6.07) is 21.8. The summed E-state index contributed by atoms with van der Waals surface area (Å²) in [6.07, 6.45) is 0.226. The van der Waals surface area contributed by atoms with E-state index in [1.54, 1.807) is 11.0 Å². The zero-order valence-corrected chi connectivity index (χ0v) is 20.6. The number of benzene rings is 3. The normalized spacial score (nSPS) is 19.9. The lowest BCUT2D eigenvalue weighted by atomic mass is 10.1. The first-order valence-electron chi connectivity index (χ1n) is 11.7. The van der Waals surface area contributed by atoms with E-state index in [4.69, 9.17) is 9.47 Å². The number of rotatable bonds is 5. The molecule has 0 saturated carbocycles. The molecule has 182 valence electrons. The van der Waals surface area contributed by atoms with Crippen molar-refractivity contribution in [3.8, 4) is 5.75 Å². The fourth-order valence-corrected chi connectivity index (χ4v) is 6.37. The molecule has 0 aliphatic carbocycles. The van der Waals surface area contributed by atoms with Crippen LogP contribution in [0, 0.1) is 0 Å². The van der Waals surface area contributed by atoms with Gasteiger partial charge in [0.05, 0.1) is 35.9 Å². The van der Waals surface area contributed by atoms with Crippen LogP contribution in [0.2, 0.25) is 0 Å². The third kappa shape index (κ3) is 4.39. The highest BCUT2D eigenvalue weighted by atomic mass is 32.2. The van der Waals surface area contributed by atoms with Crippen molar-refractivity contribution < 1.29 is 22.7 Å². The molecule has 3 aromatic carbocycles. The molecule has 5 rings (SSSR count). The SMILES string of the molecule is COc1ccc(S(=O)(=O)N2CCc3ccccc32)cc1C(=O)N1CC(C)OC(c2ccccc2)C1. The molecular weight excluding hydrogens is 464 g/mol. The van der Waals surface area contributed by atoms with E-state index in [1.165, 1.54) is 23.5 Å². The molecule has 0 aromatic heterocycles. The van der Waals surface area contributed by atoms with Gasteiger partial charge < -0.3 is 14.4 Å². The Morgan fingerprint density at radius 1 is 1.00 bits per heavy atom. The highest BCUT2D eigenvalue weighted by Gasteiger charge is 2.34. The van der Waals surface area contributed by atoms with E-state index in [0.29, 0.717) is 37.5 Å². The van der Waals surface area contributed by atoms with Crippen molar-refractivity contribution in [1.29, 1.82) is 0 Å². The van der Waals surface area contributed by atoms with Crippen LogP contribution in [0.3, 0.4) is 0 Å². The second-order valence-corrected chi connectivity index (χ2v) is 10.7. The smallest absolute Gasteiger partial charge is 0.264 e. The molecule has 2 unspecified atom stereocenters. The first-order chi connectivity index (χ1) is 16.9. The Kier molecular flexibility index (Phi) is 6.25. The number of ether oxygens (including phenoxy) is 2. The molecule has 2 heterocycles. The highest BCUT2D eigenvalue weighted by Crippen LogP contribution is 2.35. The maximum absolute atomic E-state index is 13.7. The van der Waals surface area contributed by atoms with Gasteiger partial charge in [0.15, 0.2) is 0 Å². The van der Waals surface area contributed by atoms with Crippen LogP contribution in [0.5, 0.6) is 5.75 Å². The van der Waals surface area contributed by atoms with Gasteiger partial charge in [-0.05, 0) is 48.7 Å². The first-order valence-corrected chi connectivity index (χ1v) is 13.1. The van der Waals surface area contributed by atoms with Crippen molar-refractivity contribution in [2.24, 2.45) is 0 Å². The van der Waals surface area contributed by atoms with Crippen LogP contribution in [0.15, 0.2) is 77.7 Å². The van der Waals surface area contributed by atoms with E-state index in [1.807, 2.05) is 61.5 Å². The summed E-state index contributed by atoms with van der Waals surface area (Å²) in [7, 11) is -2.37. The molecule has 3 aromatic rings. The number of methoxy groups -OCH3 is 1. The summed E-state index contributed by atoms with van der Waals surface area (Å²) in [5.41, 5.74) is 2.90. The molecule has 2 aliphatic rings. The highest BCUT2D eigenvalue weighted by molar-refractivity contribution is 7.92. The molecule has 0 N–H and O–H groups in total. The van der Waals surface area contributed by atoms with Gasteiger partial charge in [0, 0.05) is 13.1 Å². The van der Waals surface area contributed by atoms with Crippen molar-refractivity contribution in [2.75, 3.05) is 31.0 Å². The van der Waals surface area contributed by atoms with Crippen molar-refractivity contribution in [3.05, 3.63) is 89.5 Å². The lowest BCUT2D eigenvalue weighted by Crippen LogP contribution is -2.46. The standard InChI is InChI=1S/C27H28N2O5S/c1-19-17-28(18-26(34-19)21-9-4-3-5-10-21)27(30)23-16-22(12-13-25(23)33-2)35(31,32)29-15-14-20-8-6-7-11-24(20)29/h3-13,16,19,26H,14-15,17-18H2,1-2H3. The van der Waals surface area contributed by atoms with Crippen molar-refractivity contribution in [3.63, 3.8) is 0 Å². The molecule has 2 aliphatic heterocycles. The van der Waals surface area contributed by atoms with Gasteiger partial charge in [-0.1, -0.05) is 48.5 Å². The minimum atomic E-state index is -3.85. The molecule has 35 heavy (non-hydrogen) atoms. The molecule has 0 bridgehead atoms. The second-order valence-electron chi connectivity index (χ2n) is 8.87. The number of para-hydroxylation sites is 1. The van der Waals surface area contributed by atoms with Gasteiger partial charge in [-0.2, -0.15) is 0 Å². The average molecular weight is 493 g/mol. The molecule has 2 atom stereocenters. The topological polar surface area (TPSA) is 76.2 Å². The summed E-state index contributed by atoms with van der Waals surface area (Å²) in [6.45, 7) is 3.07. The van der Waals surface area contributed by atoms with E-state index < -0.39 is 10.0 Å². The van der Waals surface area contributed by atoms with Crippen LogP contribution < -0.4 is 9.04 Å². The number of carbonyl (C=O) groups excluding carboxylic acids is 1. The van der Waals surface area contributed by atoms with Crippen molar-refractivity contribution >= 4 is 21.6 Å². The largest absolute Gasteiger partial charge is 0.496 e. The molecular formula is C27H28N2O5S. The van der Waals surface area contributed by atoms with Gasteiger partial charge in [-0.15, -0.1) is 0 Å². The Morgan fingerprint density at radius 2 is 1.74 bits per heavy atom. The molecule has 0 spiro atoms. The van der Waals surface area contributed by atoms with Crippen LogP contribution in [-0.4, -0.2) is 52.1 Å². The van der Waals surface area contributed by atoms with Gasteiger partial charge in [0.25, 0.3) is 15.9 Å². The summed E-state index contributed by atoms with van der Waals surface area (Å²) >= 11 is 0. The van der Waals surface area contributed by atoms with E-state index >= 15 is 0 Å². The Morgan fingerprint density at radius 3 is 2.51 bits per heavy atom. The summed E-state index contributed by atoms with van der Waals surface area (Å²) in [5.74, 6) is 0.0583. The predicted octanol–water partition coefficient (Wildman–Crippen LogP) is 4.05. The Hall–Kier alpha value is -3.36. The number of anilines is 1. The van der Waals surface area contributed by atoms with Crippen LogP contribution in [0.25, 0.3) is 0 Å². The van der Waals surface area contributed by atoms with Crippen molar-refractivity contribution in [1.82, 2.24) is 4.90 Å². The summed E-state index contributed by atoms with van der Waals surface area (Å²) < 4.78 is 40.1. The van der Waals surface area contributed by atoms with Crippen molar-refractivity contribution in [2.45, 2.75) is 30.4 Å². The number of morpholine rings is 1. The third-order valence-corrected chi connectivity index (χ3v) is 8.36. The van der Waals surface area contributed by atoms with Gasteiger partial charge in [-0.3, -0.25) is 9.10 Å². The van der Waals surface area contributed by atoms with E-state index in [9.17, 15) is 13.2 Å². The summed E-state index contributed by atoms with van der Waals surface area (Å²) in [5, 5.41) is 0. The van der Waals surface area contributed by atoms with Gasteiger partial charge in [-0.25, -0.2) is 8.42 Å². The molecule has 1 amide bonds. The number of sulfonamides is 1. The predicted molar refractivity (Wildman–Crippen MR) is 133 cm³/mol. The van der Waals surface area contributed by atoms with Crippen LogP contribution in [0.1, 0.15) is 34.5 Å². The van der Waals surface area contributed by atoms with Crippen LogP contribution >= 0.6 is 0 Å². The first kappa shape index (κ1) is 23.4. The number of nitrogens with zero attached hydrogens (tertiary/aromatic N) is 2. The third-order valence-electron chi connectivity index (χ3n) is 6.55. The number of fused-ring (bicyclic) bond motifs is 1. The number of amides is 1.